The molecule has 1 rings (SSSR count). The lowest BCUT2D eigenvalue weighted by molar-refractivity contribution is 0.143. The third kappa shape index (κ3) is 3.95. The van der Waals surface area contributed by atoms with Crippen LogP contribution in [0.5, 0.6) is 0 Å². The highest BCUT2D eigenvalue weighted by atomic mass is 16.5. The van der Waals surface area contributed by atoms with Gasteiger partial charge in [-0.1, -0.05) is 6.42 Å². The number of nitrogens with one attached hydrogen (secondary N) is 1. The molecule has 1 saturated carbocycles. The number of hydrogen-bond donors (Lipinski definition) is 2. The van der Waals surface area contributed by atoms with Crippen molar-refractivity contribution in [3.8, 4) is 0 Å². The second kappa shape index (κ2) is 7.21. The standard InChI is InChI=1S/C11H24N2O/c1-2-14-8-4-7-13-11-6-3-5-10(11)9-12/h10-11,13H,2-9,12H2,1H3. The van der Waals surface area contributed by atoms with Crippen molar-refractivity contribution in [2.75, 3.05) is 26.3 Å². The molecular formula is C11H24N2O. The van der Waals surface area contributed by atoms with E-state index in [0.29, 0.717) is 12.0 Å². The summed E-state index contributed by atoms with van der Waals surface area (Å²) in [6, 6.07) is 0.668. The molecule has 0 spiro atoms. The van der Waals surface area contributed by atoms with E-state index < -0.39 is 0 Å². The molecule has 0 aromatic carbocycles. The highest BCUT2D eigenvalue weighted by Crippen LogP contribution is 2.24. The maximum absolute atomic E-state index is 5.71. The first kappa shape index (κ1) is 12.0. The van der Waals surface area contributed by atoms with Gasteiger partial charge >= 0.3 is 0 Å². The summed E-state index contributed by atoms with van der Waals surface area (Å²) < 4.78 is 5.29. The van der Waals surface area contributed by atoms with Gasteiger partial charge < -0.3 is 15.8 Å². The van der Waals surface area contributed by atoms with Crippen LogP contribution in [0.1, 0.15) is 32.6 Å². The van der Waals surface area contributed by atoms with Crippen molar-refractivity contribution in [1.29, 1.82) is 0 Å². The Labute approximate surface area is 87.4 Å². The van der Waals surface area contributed by atoms with Gasteiger partial charge in [0.1, 0.15) is 0 Å². The van der Waals surface area contributed by atoms with Crippen molar-refractivity contribution in [3.05, 3.63) is 0 Å². The summed E-state index contributed by atoms with van der Waals surface area (Å²) in [6.07, 6.45) is 5.06. The fourth-order valence-electron chi connectivity index (χ4n) is 2.19. The van der Waals surface area contributed by atoms with Crippen LogP contribution in [0.3, 0.4) is 0 Å². The van der Waals surface area contributed by atoms with Crippen molar-refractivity contribution in [3.63, 3.8) is 0 Å². The molecule has 84 valence electrons. The molecular weight excluding hydrogens is 176 g/mol. The van der Waals surface area contributed by atoms with E-state index in [1.54, 1.807) is 0 Å². The summed E-state index contributed by atoms with van der Waals surface area (Å²) in [7, 11) is 0. The van der Waals surface area contributed by atoms with Gasteiger partial charge in [-0.05, 0) is 45.2 Å². The lowest BCUT2D eigenvalue weighted by Crippen LogP contribution is -2.36. The van der Waals surface area contributed by atoms with Gasteiger partial charge in [-0.25, -0.2) is 0 Å². The van der Waals surface area contributed by atoms with Crippen LogP contribution in [0.25, 0.3) is 0 Å². The lowest BCUT2D eigenvalue weighted by atomic mass is 10.0. The predicted octanol–water partition coefficient (Wildman–Crippen LogP) is 1.13. The van der Waals surface area contributed by atoms with Gasteiger partial charge in [-0.15, -0.1) is 0 Å². The Morgan fingerprint density at radius 3 is 3.00 bits per heavy atom. The first-order valence-electron chi connectivity index (χ1n) is 5.89. The molecule has 0 bridgehead atoms. The van der Waals surface area contributed by atoms with E-state index in [1.807, 2.05) is 6.92 Å². The quantitative estimate of drug-likeness (QED) is 0.606. The van der Waals surface area contributed by atoms with Crippen LogP contribution in [0.4, 0.5) is 0 Å². The minimum Gasteiger partial charge on any atom is -0.382 e. The number of ether oxygens (including phenoxy) is 1. The van der Waals surface area contributed by atoms with E-state index in [0.717, 1.165) is 32.7 Å². The van der Waals surface area contributed by atoms with Crippen LogP contribution in [0.2, 0.25) is 0 Å². The Morgan fingerprint density at radius 2 is 2.29 bits per heavy atom. The molecule has 14 heavy (non-hydrogen) atoms. The SMILES string of the molecule is CCOCCCNC1CCCC1CN. The number of rotatable bonds is 7. The number of hydrogen-bond acceptors (Lipinski definition) is 3. The molecule has 3 N–H and O–H groups in total. The topological polar surface area (TPSA) is 47.3 Å². The second-order valence-corrected chi connectivity index (χ2v) is 4.04. The summed E-state index contributed by atoms with van der Waals surface area (Å²) >= 11 is 0. The average molecular weight is 200 g/mol. The van der Waals surface area contributed by atoms with Gasteiger partial charge in [0.15, 0.2) is 0 Å². The molecule has 3 nitrogen and oxygen atoms in total. The van der Waals surface area contributed by atoms with E-state index in [9.17, 15) is 0 Å². The zero-order valence-corrected chi connectivity index (χ0v) is 9.30. The fraction of sp³-hybridized carbons (Fsp3) is 1.00. The van der Waals surface area contributed by atoms with Crippen molar-refractivity contribution >= 4 is 0 Å². The van der Waals surface area contributed by atoms with E-state index in [2.05, 4.69) is 5.32 Å². The molecule has 0 aromatic rings. The largest absolute Gasteiger partial charge is 0.382 e. The molecule has 1 fully saturated rings. The van der Waals surface area contributed by atoms with Gasteiger partial charge in [0.2, 0.25) is 0 Å². The molecule has 1 aliphatic rings. The average Bonchev–Trinajstić information content (AvgIpc) is 2.65. The maximum atomic E-state index is 5.71. The minimum atomic E-state index is 0.668. The molecule has 0 amide bonds. The first-order valence-corrected chi connectivity index (χ1v) is 5.89. The van der Waals surface area contributed by atoms with Gasteiger partial charge in [0.05, 0.1) is 0 Å². The minimum absolute atomic E-state index is 0.668. The summed E-state index contributed by atoms with van der Waals surface area (Å²) in [4.78, 5) is 0. The molecule has 3 heteroatoms. The maximum Gasteiger partial charge on any atom is 0.0477 e. The Morgan fingerprint density at radius 1 is 1.43 bits per heavy atom. The highest BCUT2D eigenvalue weighted by Gasteiger charge is 2.24. The Bertz CT molecular complexity index is 141. The second-order valence-electron chi connectivity index (χ2n) is 4.04. The van der Waals surface area contributed by atoms with Crippen LogP contribution >= 0.6 is 0 Å². The van der Waals surface area contributed by atoms with E-state index >= 15 is 0 Å². The van der Waals surface area contributed by atoms with Crippen LogP contribution in [0, 0.1) is 5.92 Å². The van der Waals surface area contributed by atoms with Gasteiger partial charge in [-0.3, -0.25) is 0 Å². The van der Waals surface area contributed by atoms with Gasteiger partial charge in [0.25, 0.3) is 0 Å². The lowest BCUT2D eigenvalue weighted by Gasteiger charge is -2.19. The first-order chi connectivity index (χ1) is 6.88. The molecule has 0 saturated heterocycles. The predicted molar refractivity (Wildman–Crippen MR) is 59.3 cm³/mol. The summed E-state index contributed by atoms with van der Waals surface area (Å²) in [6.45, 7) is 5.65. The zero-order valence-electron chi connectivity index (χ0n) is 9.30. The van der Waals surface area contributed by atoms with Gasteiger partial charge in [0, 0.05) is 19.3 Å². The fourth-order valence-corrected chi connectivity index (χ4v) is 2.19. The van der Waals surface area contributed by atoms with Crippen LogP contribution in [0.15, 0.2) is 0 Å². The summed E-state index contributed by atoms with van der Waals surface area (Å²) in [5, 5.41) is 3.58. The van der Waals surface area contributed by atoms with Crippen LogP contribution < -0.4 is 11.1 Å². The van der Waals surface area contributed by atoms with Crippen LogP contribution in [-0.4, -0.2) is 32.3 Å². The number of nitrogens with two attached hydrogens (primary N) is 1. The molecule has 2 atom stereocenters. The van der Waals surface area contributed by atoms with Crippen LogP contribution in [-0.2, 0) is 4.74 Å². The third-order valence-electron chi connectivity index (χ3n) is 3.04. The van der Waals surface area contributed by atoms with Gasteiger partial charge in [-0.2, -0.15) is 0 Å². The summed E-state index contributed by atoms with van der Waals surface area (Å²) in [5.74, 6) is 0.710. The molecule has 0 heterocycles. The Kier molecular flexibility index (Phi) is 6.15. The molecule has 2 unspecified atom stereocenters. The Balaban J connectivity index is 2.00. The Hall–Kier alpha value is -0.120. The molecule has 0 radical (unpaired) electrons. The normalized spacial score (nSPS) is 27.0. The van der Waals surface area contributed by atoms with Crippen molar-refractivity contribution in [2.45, 2.75) is 38.6 Å². The van der Waals surface area contributed by atoms with Crippen molar-refractivity contribution < 1.29 is 4.74 Å². The van der Waals surface area contributed by atoms with E-state index in [-0.39, 0.29) is 0 Å². The monoisotopic (exact) mass is 200 g/mol. The highest BCUT2D eigenvalue weighted by molar-refractivity contribution is 4.83. The van der Waals surface area contributed by atoms with Crippen molar-refractivity contribution in [1.82, 2.24) is 5.32 Å². The van der Waals surface area contributed by atoms with E-state index in [4.69, 9.17) is 10.5 Å². The van der Waals surface area contributed by atoms with E-state index in [1.165, 1.54) is 19.3 Å². The smallest absolute Gasteiger partial charge is 0.0477 e. The molecule has 1 aliphatic carbocycles. The third-order valence-corrected chi connectivity index (χ3v) is 3.04. The molecule has 0 aromatic heterocycles. The zero-order chi connectivity index (χ0) is 10.2. The molecule has 0 aliphatic heterocycles. The van der Waals surface area contributed by atoms with Crippen molar-refractivity contribution in [2.24, 2.45) is 11.7 Å². The summed E-state index contributed by atoms with van der Waals surface area (Å²) in [5.41, 5.74) is 5.71.